The summed E-state index contributed by atoms with van der Waals surface area (Å²) in [5.41, 5.74) is 2.10. The van der Waals surface area contributed by atoms with E-state index >= 15 is 0 Å². The molecule has 2 rings (SSSR count). The molecule has 0 saturated heterocycles. The molecule has 1 aromatic rings. The third kappa shape index (κ3) is 4.73. The van der Waals surface area contributed by atoms with Gasteiger partial charge in [-0.1, -0.05) is 11.6 Å². The van der Waals surface area contributed by atoms with Crippen molar-refractivity contribution in [1.29, 1.82) is 0 Å². The van der Waals surface area contributed by atoms with Gasteiger partial charge in [0.1, 0.15) is 5.82 Å². The zero-order valence-electron chi connectivity index (χ0n) is 10.7. The van der Waals surface area contributed by atoms with Crippen LogP contribution in [0, 0.1) is 5.82 Å². The maximum absolute atomic E-state index is 13.1. The molecule has 0 heterocycles. The van der Waals surface area contributed by atoms with E-state index in [1.807, 2.05) is 0 Å². The Bertz CT molecular complexity index is 638. The molecule has 0 spiro atoms. The minimum absolute atomic E-state index is 0.374. The molecule has 0 aliphatic heterocycles. The van der Waals surface area contributed by atoms with Crippen LogP contribution in [-0.4, -0.2) is 28.3 Å². The fraction of sp³-hybridized carbons (Fsp3) is 0.231. The fourth-order valence-electron chi connectivity index (χ4n) is 1.84. The van der Waals surface area contributed by atoms with Crippen molar-refractivity contribution in [2.24, 2.45) is 0 Å². The smallest absolute Gasteiger partial charge is 0.478 e. The van der Waals surface area contributed by atoms with Crippen molar-refractivity contribution in [2.75, 3.05) is 0 Å². The monoisotopic (exact) mass is 340 g/mol. The summed E-state index contributed by atoms with van der Waals surface area (Å²) in [5.74, 6) is -4.21. The van der Waals surface area contributed by atoms with Crippen LogP contribution < -0.4 is 0 Å². The minimum Gasteiger partial charge on any atom is -0.478 e. The molecule has 0 amide bonds. The summed E-state index contributed by atoms with van der Waals surface area (Å²) in [6, 6.07) is 2.59. The number of rotatable bonds is 1. The van der Waals surface area contributed by atoms with E-state index in [4.69, 9.17) is 26.6 Å². The lowest BCUT2D eigenvalue weighted by Gasteiger charge is -2.02. The Morgan fingerprint density at radius 2 is 1.73 bits per heavy atom. The Balaban J connectivity index is 0.000000295. The van der Waals surface area contributed by atoms with Gasteiger partial charge in [0.15, 0.2) is 0 Å². The Morgan fingerprint density at radius 1 is 1.18 bits per heavy atom. The van der Waals surface area contributed by atoms with Crippen molar-refractivity contribution in [3.05, 3.63) is 40.2 Å². The van der Waals surface area contributed by atoms with Gasteiger partial charge in [-0.2, -0.15) is 13.2 Å². The molecule has 0 bridgehead atoms. The summed E-state index contributed by atoms with van der Waals surface area (Å²) >= 11 is 5.86. The van der Waals surface area contributed by atoms with Crippen LogP contribution in [0.1, 0.15) is 17.5 Å². The van der Waals surface area contributed by atoms with E-state index in [0.717, 1.165) is 11.6 Å². The molecule has 0 fully saturated rings. The van der Waals surface area contributed by atoms with Gasteiger partial charge < -0.3 is 10.2 Å². The standard InChI is InChI=1S/C11H8ClFO2.C2HF3O2/c12-10-5-7(13)4-9-6(3-11(14)15)1-2-8(9)10;3-2(4,5)1(6)7/h3-5H,1-2H2,(H,14,15);(H,6,7). The summed E-state index contributed by atoms with van der Waals surface area (Å²) in [5, 5.41) is 16.1. The van der Waals surface area contributed by atoms with E-state index in [0.29, 0.717) is 29.0 Å². The van der Waals surface area contributed by atoms with E-state index in [1.165, 1.54) is 12.1 Å². The number of benzene rings is 1. The number of halogens is 5. The molecular formula is C13H9ClF4O4. The number of carboxylic acid groups (broad SMARTS) is 2. The van der Waals surface area contributed by atoms with E-state index in [-0.39, 0.29) is 0 Å². The first kappa shape index (κ1) is 18.0. The van der Waals surface area contributed by atoms with Gasteiger partial charge >= 0.3 is 18.1 Å². The van der Waals surface area contributed by atoms with Crippen molar-refractivity contribution >= 4 is 29.1 Å². The molecule has 0 unspecified atom stereocenters. The molecule has 4 nitrogen and oxygen atoms in total. The number of hydrogen-bond acceptors (Lipinski definition) is 2. The van der Waals surface area contributed by atoms with Crippen molar-refractivity contribution in [3.8, 4) is 0 Å². The number of allylic oxidation sites excluding steroid dienone is 1. The van der Waals surface area contributed by atoms with Gasteiger partial charge in [0, 0.05) is 11.1 Å². The molecule has 1 aromatic carbocycles. The molecule has 0 atom stereocenters. The maximum atomic E-state index is 13.1. The van der Waals surface area contributed by atoms with E-state index in [2.05, 4.69) is 0 Å². The van der Waals surface area contributed by atoms with Gasteiger partial charge in [0.2, 0.25) is 0 Å². The molecule has 0 saturated carbocycles. The summed E-state index contributed by atoms with van der Waals surface area (Å²) in [4.78, 5) is 19.4. The summed E-state index contributed by atoms with van der Waals surface area (Å²) in [6.07, 6.45) is -2.69. The Labute approximate surface area is 126 Å². The maximum Gasteiger partial charge on any atom is 0.490 e. The lowest BCUT2D eigenvalue weighted by atomic mass is 10.1. The molecule has 120 valence electrons. The van der Waals surface area contributed by atoms with Gasteiger partial charge in [-0.3, -0.25) is 0 Å². The van der Waals surface area contributed by atoms with Crippen molar-refractivity contribution in [3.63, 3.8) is 0 Å². The van der Waals surface area contributed by atoms with Crippen LogP contribution in [0.3, 0.4) is 0 Å². The number of alkyl halides is 3. The molecule has 0 aromatic heterocycles. The van der Waals surface area contributed by atoms with Crippen molar-refractivity contribution in [2.45, 2.75) is 19.0 Å². The predicted molar refractivity (Wildman–Crippen MR) is 69.0 cm³/mol. The molecular weight excluding hydrogens is 332 g/mol. The van der Waals surface area contributed by atoms with Gasteiger partial charge in [0.25, 0.3) is 0 Å². The second kappa shape index (κ2) is 6.78. The van der Waals surface area contributed by atoms with E-state index in [9.17, 15) is 22.4 Å². The van der Waals surface area contributed by atoms with Crippen molar-refractivity contribution in [1.82, 2.24) is 0 Å². The van der Waals surface area contributed by atoms with Crippen LogP contribution >= 0.6 is 11.6 Å². The number of fused-ring (bicyclic) bond motifs is 1. The van der Waals surface area contributed by atoms with Crippen LogP contribution in [0.15, 0.2) is 18.2 Å². The first-order valence-corrected chi connectivity index (χ1v) is 6.12. The Kier molecular flexibility index (Phi) is 5.54. The van der Waals surface area contributed by atoms with Gasteiger partial charge in [-0.25, -0.2) is 14.0 Å². The van der Waals surface area contributed by atoms with Crippen LogP contribution in [0.5, 0.6) is 0 Å². The first-order chi connectivity index (χ1) is 10.0. The SMILES string of the molecule is O=C(O)C(F)(F)F.O=C(O)C=C1CCc2c(Cl)cc(F)cc21. The van der Waals surface area contributed by atoms with Gasteiger partial charge in [-0.05, 0) is 41.7 Å². The fourth-order valence-corrected chi connectivity index (χ4v) is 2.14. The zero-order valence-corrected chi connectivity index (χ0v) is 11.5. The molecule has 1 aliphatic rings. The van der Waals surface area contributed by atoms with E-state index in [1.54, 1.807) is 0 Å². The second-order valence-electron chi connectivity index (χ2n) is 4.22. The highest BCUT2D eigenvalue weighted by molar-refractivity contribution is 6.31. The summed E-state index contributed by atoms with van der Waals surface area (Å²) in [7, 11) is 0. The highest BCUT2D eigenvalue weighted by Gasteiger charge is 2.38. The molecule has 1 aliphatic carbocycles. The third-order valence-corrected chi connectivity index (χ3v) is 3.03. The van der Waals surface area contributed by atoms with Crippen LogP contribution in [0.2, 0.25) is 5.02 Å². The minimum atomic E-state index is -5.08. The van der Waals surface area contributed by atoms with E-state index < -0.39 is 23.9 Å². The van der Waals surface area contributed by atoms with Crippen LogP contribution in [0.25, 0.3) is 5.57 Å². The number of hydrogen-bond donors (Lipinski definition) is 2. The average Bonchev–Trinajstić information content (AvgIpc) is 2.71. The zero-order chi connectivity index (χ0) is 17.1. The number of carbonyl (C=O) groups is 2. The largest absolute Gasteiger partial charge is 0.490 e. The predicted octanol–water partition coefficient (Wildman–Crippen LogP) is 3.53. The topological polar surface area (TPSA) is 74.6 Å². The van der Waals surface area contributed by atoms with Crippen molar-refractivity contribution < 1.29 is 37.4 Å². The first-order valence-electron chi connectivity index (χ1n) is 5.74. The summed E-state index contributed by atoms with van der Waals surface area (Å²) < 4.78 is 44.8. The van der Waals surface area contributed by atoms with Crippen LogP contribution in [-0.2, 0) is 16.0 Å². The molecule has 22 heavy (non-hydrogen) atoms. The summed E-state index contributed by atoms with van der Waals surface area (Å²) in [6.45, 7) is 0. The van der Waals surface area contributed by atoms with Gasteiger partial charge in [-0.15, -0.1) is 0 Å². The second-order valence-corrected chi connectivity index (χ2v) is 4.63. The lowest BCUT2D eigenvalue weighted by molar-refractivity contribution is -0.192. The molecule has 0 radical (unpaired) electrons. The third-order valence-electron chi connectivity index (χ3n) is 2.69. The highest BCUT2D eigenvalue weighted by atomic mass is 35.5. The average molecular weight is 341 g/mol. The van der Waals surface area contributed by atoms with Gasteiger partial charge in [0.05, 0.1) is 0 Å². The number of carboxylic acids is 2. The van der Waals surface area contributed by atoms with Crippen LogP contribution in [0.4, 0.5) is 17.6 Å². The molecule has 2 N–H and O–H groups in total. The lowest BCUT2D eigenvalue weighted by Crippen LogP contribution is -2.21. The molecule has 9 heteroatoms. The Hall–Kier alpha value is -2.09. The number of aliphatic carboxylic acids is 2. The normalized spacial score (nSPS) is 15.0. The quantitative estimate of drug-likeness (QED) is 0.606. The Morgan fingerprint density at radius 3 is 2.18 bits per heavy atom. The highest BCUT2D eigenvalue weighted by Crippen LogP contribution is 2.36.